The number of imide groups is 1. The number of nitrogens with one attached hydrogen (secondary N) is 1. The van der Waals surface area contributed by atoms with Gasteiger partial charge in [0.15, 0.2) is 0 Å². The third-order valence-electron chi connectivity index (χ3n) is 4.20. The Balaban J connectivity index is 1.93. The molecule has 0 aromatic heterocycles. The molecule has 0 unspecified atom stereocenters. The van der Waals surface area contributed by atoms with Crippen LogP contribution in [-0.2, 0) is 16.9 Å². The van der Waals surface area contributed by atoms with Crippen molar-refractivity contribution >= 4 is 27.9 Å². The number of hydrogen-bond acceptors (Lipinski definition) is 2. The van der Waals surface area contributed by atoms with E-state index in [1.165, 1.54) is 4.90 Å². The minimum Gasteiger partial charge on any atom is -0.319 e. The van der Waals surface area contributed by atoms with Crippen LogP contribution in [0, 0.1) is 0 Å². The normalized spacial score (nSPS) is 20.7. The molecule has 1 N–H and O–H groups in total. The SMILES string of the molecule is CC[C@]1(c2ccccc2)NC(=O)N(Cc2cccc(Br)c2)C1=O. The third kappa shape index (κ3) is 2.77. The second-order valence-corrected chi connectivity index (χ2v) is 6.49. The standard InChI is InChI=1S/C18H17BrN2O2/c1-2-18(14-8-4-3-5-9-14)16(22)21(17(23)20-18)12-13-7-6-10-15(19)11-13/h3-11H,2,12H2,1H3,(H,20,23)/t18-/m1/s1. The second-order valence-electron chi connectivity index (χ2n) is 5.58. The maximum absolute atomic E-state index is 13.0. The van der Waals surface area contributed by atoms with Crippen LogP contribution in [0.2, 0.25) is 0 Å². The molecule has 1 aliphatic rings. The number of nitrogens with zero attached hydrogens (tertiary/aromatic N) is 1. The summed E-state index contributed by atoms with van der Waals surface area (Å²) in [7, 11) is 0. The summed E-state index contributed by atoms with van der Waals surface area (Å²) < 4.78 is 0.923. The fourth-order valence-corrected chi connectivity index (χ4v) is 3.40. The predicted molar refractivity (Wildman–Crippen MR) is 91.6 cm³/mol. The Kier molecular flexibility index (Phi) is 4.22. The van der Waals surface area contributed by atoms with Crippen molar-refractivity contribution in [2.75, 3.05) is 0 Å². The van der Waals surface area contributed by atoms with Crippen molar-refractivity contribution < 1.29 is 9.59 Å². The molecule has 4 nitrogen and oxygen atoms in total. The molecule has 23 heavy (non-hydrogen) atoms. The molecule has 3 rings (SSSR count). The lowest BCUT2D eigenvalue weighted by Gasteiger charge is -2.25. The molecule has 1 saturated heterocycles. The lowest BCUT2D eigenvalue weighted by Crippen LogP contribution is -2.43. The number of carbonyl (C=O) groups excluding carboxylic acids is 2. The zero-order chi connectivity index (χ0) is 16.4. The van der Waals surface area contributed by atoms with Gasteiger partial charge in [-0.2, -0.15) is 0 Å². The van der Waals surface area contributed by atoms with Gasteiger partial charge in [-0.15, -0.1) is 0 Å². The van der Waals surface area contributed by atoms with E-state index in [2.05, 4.69) is 21.2 Å². The van der Waals surface area contributed by atoms with Gasteiger partial charge in [-0.1, -0.05) is 65.3 Å². The summed E-state index contributed by atoms with van der Waals surface area (Å²) in [4.78, 5) is 26.7. The molecule has 0 radical (unpaired) electrons. The summed E-state index contributed by atoms with van der Waals surface area (Å²) in [6, 6.07) is 16.7. The molecule has 0 aliphatic carbocycles. The molecule has 118 valence electrons. The number of benzene rings is 2. The predicted octanol–water partition coefficient (Wildman–Crippen LogP) is 3.81. The summed E-state index contributed by atoms with van der Waals surface area (Å²) in [6.45, 7) is 2.17. The summed E-state index contributed by atoms with van der Waals surface area (Å²) >= 11 is 3.41. The number of urea groups is 1. The molecule has 2 aromatic carbocycles. The first-order valence-electron chi connectivity index (χ1n) is 7.51. The van der Waals surface area contributed by atoms with Gasteiger partial charge in [0.25, 0.3) is 5.91 Å². The minimum atomic E-state index is -0.968. The number of carbonyl (C=O) groups is 2. The number of hydrogen-bond donors (Lipinski definition) is 1. The van der Waals surface area contributed by atoms with E-state index in [0.717, 1.165) is 15.6 Å². The smallest absolute Gasteiger partial charge is 0.319 e. The average Bonchev–Trinajstić information content (AvgIpc) is 2.81. The van der Waals surface area contributed by atoms with Crippen LogP contribution in [0.3, 0.4) is 0 Å². The summed E-state index contributed by atoms with van der Waals surface area (Å²) in [5.74, 6) is -0.198. The molecule has 5 heteroatoms. The van der Waals surface area contributed by atoms with Crippen molar-refractivity contribution in [1.29, 1.82) is 0 Å². The van der Waals surface area contributed by atoms with Crippen LogP contribution in [0.1, 0.15) is 24.5 Å². The van der Waals surface area contributed by atoms with Crippen molar-refractivity contribution in [2.24, 2.45) is 0 Å². The van der Waals surface area contributed by atoms with Gasteiger partial charge in [0.05, 0.1) is 6.54 Å². The zero-order valence-electron chi connectivity index (χ0n) is 12.8. The van der Waals surface area contributed by atoms with Gasteiger partial charge >= 0.3 is 6.03 Å². The van der Waals surface area contributed by atoms with Gasteiger partial charge in [0.1, 0.15) is 5.54 Å². The average molecular weight is 373 g/mol. The molecular weight excluding hydrogens is 356 g/mol. The molecule has 1 fully saturated rings. The highest BCUT2D eigenvalue weighted by atomic mass is 79.9. The Labute approximate surface area is 143 Å². The lowest BCUT2D eigenvalue weighted by molar-refractivity contribution is -0.132. The van der Waals surface area contributed by atoms with E-state index in [1.807, 2.05) is 61.5 Å². The molecule has 1 aliphatic heterocycles. The maximum atomic E-state index is 13.0. The van der Waals surface area contributed by atoms with E-state index in [0.29, 0.717) is 6.42 Å². The molecule has 1 atom stereocenters. The molecule has 2 aromatic rings. The van der Waals surface area contributed by atoms with Gasteiger partial charge in [-0.05, 0) is 29.7 Å². The van der Waals surface area contributed by atoms with Crippen molar-refractivity contribution in [1.82, 2.24) is 10.2 Å². The Bertz CT molecular complexity index is 748. The fraction of sp³-hybridized carbons (Fsp3) is 0.222. The van der Waals surface area contributed by atoms with Crippen LogP contribution in [0.15, 0.2) is 59.1 Å². The first kappa shape index (κ1) is 15.7. The third-order valence-corrected chi connectivity index (χ3v) is 4.70. The molecule has 0 bridgehead atoms. The Hall–Kier alpha value is -2.14. The zero-order valence-corrected chi connectivity index (χ0v) is 14.3. The molecular formula is C18H17BrN2O2. The number of amides is 3. The van der Waals surface area contributed by atoms with E-state index < -0.39 is 5.54 Å². The van der Waals surface area contributed by atoms with Crippen LogP contribution in [0.25, 0.3) is 0 Å². The first-order chi connectivity index (χ1) is 11.1. The quantitative estimate of drug-likeness (QED) is 0.829. The highest BCUT2D eigenvalue weighted by molar-refractivity contribution is 9.10. The van der Waals surface area contributed by atoms with Crippen LogP contribution >= 0.6 is 15.9 Å². The van der Waals surface area contributed by atoms with E-state index in [9.17, 15) is 9.59 Å². The first-order valence-corrected chi connectivity index (χ1v) is 8.30. The van der Waals surface area contributed by atoms with Gasteiger partial charge in [0, 0.05) is 4.47 Å². The molecule has 0 spiro atoms. The lowest BCUT2D eigenvalue weighted by atomic mass is 9.87. The summed E-state index contributed by atoms with van der Waals surface area (Å²) in [5, 5.41) is 2.89. The Morgan fingerprint density at radius 2 is 1.83 bits per heavy atom. The topological polar surface area (TPSA) is 49.4 Å². The van der Waals surface area contributed by atoms with E-state index in [4.69, 9.17) is 0 Å². The van der Waals surface area contributed by atoms with Crippen LogP contribution < -0.4 is 5.32 Å². The summed E-state index contributed by atoms with van der Waals surface area (Å²) in [5.41, 5.74) is 0.755. The van der Waals surface area contributed by atoms with E-state index >= 15 is 0 Å². The van der Waals surface area contributed by atoms with Crippen molar-refractivity contribution in [3.8, 4) is 0 Å². The van der Waals surface area contributed by atoms with Crippen molar-refractivity contribution in [2.45, 2.75) is 25.4 Å². The van der Waals surface area contributed by atoms with Crippen molar-refractivity contribution in [3.63, 3.8) is 0 Å². The van der Waals surface area contributed by atoms with Crippen LogP contribution in [0.4, 0.5) is 4.79 Å². The summed E-state index contributed by atoms with van der Waals surface area (Å²) in [6.07, 6.45) is 0.510. The fourth-order valence-electron chi connectivity index (χ4n) is 2.95. The van der Waals surface area contributed by atoms with E-state index in [1.54, 1.807) is 0 Å². The Morgan fingerprint density at radius 3 is 2.48 bits per heavy atom. The molecule has 3 amide bonds. The van der Waals surface area contributed by atoms with Gasteiger partial charge in [0.2, 0.25) is 0 Å². The number of halogens is 1. The maximum Gasteiger partial charge on any atom is 0.325 e. The monoisotopic (exact) mass is 372 g/mol. The van der Waals surface area contributed by atoms with E-state index in [-0.39, 0.29) is 18.5 Å². The minimum absolute atomic E-state index is 0.198. The van der Waals surface area contributed by atoms with Crippen molar-refractivity contribution in [3.05, 3.63) is 70.2 Å². The van der Waals surface area contributed by atoms with Crippen LogP contribution in [0.5, 0.6) is 0 Å². The van der Waals surface area contributed by atoms with Gasteiger partial charge in [-0.25, -0.2) is 4.79 Å². The molecule has 1 heterocycles. The number of rotatable bonds is 4. The highest BCUT2D eigenvalue weighted by Crippen LogP contribution is 2.33. The largest absolute Gasteiger partial charge is 0.325 e. The second kappa shape index (κ2) is 6.16. The van der Waals surface area contributed by atoms with Gasteiger partial charge < -0.3 is 5.32 Å². The molecule has 0 saturated carbocycles. The highest BCUT2D eigenvalue weighted by Gasteiger charge is 2.50. The van der Waals surface area contributed by atoms with Gasteiger partial charge in [-0.3, -0.25) is 9.69 Å². The van der Waals surface area contributed by atoms with Crippen LogP contribution in [-0.4, -0.2) is 16.8 Å². The Morgan fingerprint density at radius 1 is 1.09 bits per heavy atom.